The fourth-order valence-corrected chi connectivity index (χ4v) is 5.00. The Morgan fingerprint density at radius 3 is 2.45 bits per heavy atom. The zero-order valence-corrected chi connectivity index (χ0v) is 18.8. The number of hydrogen-bond donors (Lipinski definition) is 0. The number of aromatic nitrogens is 1. The standard InChI is InChI=1S/C21H21FN2O5S2/c1-13(2)31(27,28)16-7-4-14(5-8-16)10-19(25)23-21-24(12-20(26)29-3)17-9-6-15(22)11-18(17)30-21/h4-9,11,13H,10,12H2,1-3H3. The molecule has 164 valence electrons. The number of thiazole rings is 1. The van der Waals surface area contributed by atoms with E-state index in [2.05, 4.69) is 4.99 Å². The summed E-state index contributed by atoms with van der Waals surface area (Å²) in [6.07, 6.45) is -0.0527. The van der Waals surface area contributed by atoms with Crippen molar-refractivity contribution >= 4 is 43.3 Å². The molecule has 0 unspecified atom stereocenters. The molecule has 10 heteroatoms. The van der Waals surface area contributed by atoms with E-state index in [0.717, 1.165) is 11.3 Å². The number of fused-ring (bicyclic) bond motifs is 1. The third kappa shape index (κ3) is 5.08. The van der Waals surface area contributed by atoms with Crippen LogP contribution in [0.1, 0.15) is 19.4 Å². The third-order valence-corrected chi connectivity index (χ3v) is 7.82. The molecule has 0 saturated heterocycles. The molecule has 7 nitrogen and oxygen atoms in total. The van der Waals surface area contributed by atoms with Gasteiger partial charge in [0.25, 0.3) is 5.91 Å². The Morgan fingerprint density at radius 2 is 1.84 bits per heavy atom. The first-order valence-electron chi connectivity index (χ1n) is 9.38. The first-order valence-corrected chi connectivity index (χ1v) is 11.7. The molecule has 1 heterocycles. The quantitative estimate of drug-likeness (QED) is 0.523. The van der Waals surface area contributed by atoms with E-state index in [1.165, 1.54) is 42.0 Å². The van der Waals surface area contributed by atoms with Gasteiger partial charge in [-0.3, -0.25) is 9.59 Å². The average molecular weight is 465 g/mol. The lowest BCUT2D eigenvalue weighted by atomic mass is 10.1. The molecule has 0 aliphatic carbocycles. The van der Waals surface area contributed by atoms with Crippen LogP contribution in [0.4, 0.5) is 4.39 Å². The van der Waals surface area contributed by atoms with Crippen LogP contribution < -0.4 is 4.80 Å². The second-order valence-electron chi connectivity index (χ2n) is 7.08. The zero-order chi connectivity index (χ0) is 22.8. The van der Waals surface area contributed by atoms with E-state index in [0.29, 0.717) is 15.8 Å². The fourth-order valence-electron chi connectivity index (χ4n) is 2.87. The minimum absolute atomic E-state index is 0.0527. The molecular weight excluding hydrogens is 443 g/mol. The van der Waals surface area contributed by atoms with Crippen LogP contribution in [0.2, 0.25) is 0 Å². The van der Waals surface area contributed by atoms with Crippen LogP contribution >= 0.6 is 11.3 Å². The van der Waals surface area contributed by atoms with Crippen molar-refractivity contribution in [2.24, 2.45) is 4.99 Å². The van der Waals surface area contributed by atoms with Gasteiger partial charge < -0.3 is 9.30 Å². The second-order valence-corrected chi connectivity index (χ2v) is 10.6. The van der Waals surface area contributed by atoms with E-state index in [4.69, 9.17) is 4.74 Å². The normalized spacial score (nSPS) is 12.5. The maximum atomic E-state index is 13.6. The summed E-state index contributed by atoms with van der Waals surface area (Å²) in [6, 6.07) is 10.2. The van der Waals surface area contributed by atoms with Crippen LogP contribution in [0.25, 0.3) is 10.2 Å². The Morgan fingerprint density at radius 1 is 1.16 bits per heavy atom. The Hall–Kier alpha value is -2.85. The predicted octanol–water partition coefficient (Wildman–Crippen LogP) is 2.87. The van der Waals surface area contributed by atoms with Crippen LogP contribution in [-0.2, 0) is 37.1 Å². The van der Waals surface area contributed by atoms with Gasteiger partial charge in [0.2, 0.25) is 0 Å². The first kappa shape index (κ1) is 22.8. The van der Waals surface area contributed by atoms with Crippen molar-refractivity contribution in [2.45, 2.75) is 37.0 Å². The summed E-state index contributed by atoms with van der Waals surface area (Å²) in [4.78, 5) is 28.9. The lowest BCUT2D eigenvalue weighted by molar-refractivity contribution is -0.141. The minimum atomic E-state index is -3.39. The zero-order valence-electron chi connectivity index (χ0n) is 17.2. The highest BCUT2D eigenvalue weighted by Crippen LogP contribution is 2.19. The molecule has 0 N–H and O–H groups in total. The Bertz CT molecular complexity index is 1310. The van der Waals surface area contributed by atoms with E-state index in [-0.39, 0.29) is 22.7 Å². The molecule has 2 aromatic carbocycles. The number of halogens is 1. The first-order chi connectivity index (χ1) is 14.6. The van der Waals surface area contributed by atoms with Crippen LogP contribution in [0.5, 0.6) is 0 Å². The lowest BCUT2D eigenvalue weighted by Gasteiger charge is -2.08. The fraction of sp³-hybridized carbons (Fsp3) is 0.286. The summed E-state index contributed by atoms with van der Waals surface area (Å²) in [6.45, 7) is 3.04. The average Bonchev–Trinajstić information content (AvgIpc) is 3.03. The van der Waals surface area contributed by atoms with Gasteiger partial charge in [-0.2, -0.15) is 4.99 Å². The van der Waals surface area contributed by atoms with Crippen molar-refractivity contribution < 1.29 is 27.1 Å². The van der Waals surface area contributed by atoms with Gasteiger partial charge in [0, 0.05) is 0 Å². The number of esters is 1. The smallest absolute Gasteiger partial charge is 0.325 e. The SMILES string of the molecule is COC(=O)Cn1c(=NC(=O)Cc2ccc(S(=O)(=O)C(C)C)cc2)sc2cc(F)ccc21. The van der Waals surface area contributed by atoms with E-state index in [9.17, 15) is 22.4 Å². The molecule has 3 aromatic rings. The summed E-state index contributed by atoms with van der Waals surface area (Å²) in [5, 5.41) is -0.543. The van der Waals surface area contributed by atoms with E-state index in [1.807, 2.05) is 0 Å². The van der Waals surface area contributed by atoms with Gasteiger partial charge in [-0.1, -0.05) is 23.5 Å². The van der Waals surface area contributed by atoms with Crippen molar-refractivity contribution in [3.8, 4) is 0 Å². The maximum absolute atomic E-state index is 13.6. The number of ether oxygens (including phenoxy) is 1. The molecule has 0 spiro atoms. The highest BCUT2D eigenvalue weighted by atomic mass is 32.2. The van der Waals surface area contributed by atoms with Gasteiger partial charge in [0.15, 0.2) is 14.6 Å². The molecular formula is C21H21FN2O5S2. The van der Waals surface area contributed by atoms with Crippen LogP contribution in [0.3, 0.4) is 0 Å². The molecule has 0 atom stereocenters. The number of carbonyl (C=O) groups is 2. The molecule has 0 radical (unpaired) electrons. The van der Waals surface area contributed by atoms with Crippen LogP contribution in [0.15, 0.2) is 52.4 Å². The number of amides is 1. The number of sulfone groups is 1. The molecule has 0 fully saturated rings. The van der Waals surface area contributed by atoms with Gasteiger partial charge in [0.1, 0.15) is 12.4 Å². The van der Waals surface area contributed by atoms with Crippen molar-refractivity contribution in [1.29, 1.82) is 0 Å². The van der Waals surface area contributed by atoms with Gasteiger partial charge in [0.05, 0.1) is 33.9 Å². The highest BCUT2D eigenvalue weighted by Gasteiger charge is 2.19. The van der Waals surface area contributed by atoms with Gasteiger partial charge >= 0.3 is 5.97 Å². The molecule has 31 heavy (non-hydrogen) atoms. The summed E-state index contributed by atoms with van der Waals surface area (Å²) >= 11 is 1.09. The topological polar surface area (TPSA) is 94.8 Å². The van der Waals surface area contributed by atoms with Gasteiger partial charge in [-0.25, -0.2) is 12.8 Å². The Balaban J connectivity index is 1.92. The van der Waals surface area contributed by atoms with Crippen LogP contribution in [0, 0.1) is 5.82 Å². The Kier molecular flexibility index (Phi) is 6.71. The van der Waals surface area contributed by atoms with E-state index < -0.39 is 32.8 Å². The predicted molar refractivity (Wildman–Crippen MR) is 115 cm³/mol. The maximum Gasteiger partial charge on any atom is 0.325 e. The summed E-state index contributed by atoms with van der Waals surface area (Å²) in [7, 11) is -2.14. The molecule has 0 aliphatic rings. The second kappa shape index (κ2) is 9.11. The molecule has 0 aliphatic heterocycles. The summed E-state index contributed by atoms with van der Waals surface area (Å²) in [5.41, 5.74) is 1.16. The van der Waals surface area contributed by atoms with Crippen molar-refractivity contribution in [1.82, 2.24) is 4.57 Å². The molecule has 1 amide bonds. The van der Waals surface area contributed by atoms with E-state index in [1.54, 1.807) is 26.0 Å². The number of carbonyl (C=O) groups excluding carboxylic acids is 2. The molecule has 0 bridgehead atoms. The van der Waals surface area contributed by atoms with Gasteiger partial charge in [-0.05, 0) is 49.7 Å². The van der Waals surface area contributed by atoms with Crippen molar-refractivity contribution in [2.75, 3.05) is 7.11 Å². The summed E-state index contributed by atoms with van der Waals surface area (Å²) in [5.74, 6) is -1.45. The van der Waals surface area contributed by atoms with E-state index >= 15 is 0 Å². The third-order valence-electron chi connectivity index (χ3n) is 4.61. The van der Waals surface area contributed by atoms with Gasteiger partial charge in [-0.15, -0.1) is 0 Å². The van der Waals surface area contributed by atoms with Crippen LogP contribution in [-0.4, -0.2) is 37.2 Å². The lowest BCUT2D eigenvalue weighted by Crippen LogP contribution is -2.22. The number of methoxy groups -OCH3 is 1. The monoisotopic (exact) mass is 464 g/mol. The Labute approximate surface area is 182 Å². The molecule has 3 rings (SSSR count). The number of rotatable bonds is 6. The largest absolute Gasteiger partial charge is 0.468 e. The number of benzene rings is 2. The highest BCUT2D eigenvalue weighted by molar-refractivity contribution is 7.92. The van der Waals surface area contributed by atoms with Crippen molar-refractivity contribution in [3.63, 3.8) is 0 Å². The number of hydrogen-bond acceptors (Lipinski definition) is 6. The summed E-state index contributed by atoms with van der Waals surface area (Å²) < 4.78 is 44.8. The molecule has 0 saturated carbocycles. The molecule has 1 aromatic heterocycles. The number of nitrogens with zero attached hydrogens (tertiary/aromatic N) is 2. The van der Waals surface area contributed by atoms with Crippen molar-refractivity contribution in [3.05, 3.63) is 58.6 Å². The minimum Gasteiger partial charge on any atom is -0.468 e.